The summed E-state index contributed by atoms with van der Waals surface area (Å²) in [6, 6.07) is 3.99. The Kier molecular flexibility index (Phi) is 5.98. The van der Waals surface area contributed by atoms with Gasteiger partial charge in [0.05, 0.1) is 16.0 Å². The average molecular weight is 409 g/mol. The summed E-state index contributed by atoms with van der Waals surface area (Å²) in [5.74, 6) is -1.17. The highest BCUT2D eigenvalue weighted by Crippen LogP contribution is 2.36. The molecule has 0 aliphatic heterocycles. The van der Waals surface area contributed by atoms with Gasteiger partial charge in [-0.1, -0.05) is 0 Å². The molecule has 27 heavy (non-hydrogen) atoms. The molecule has 0 unspecified atom stereocenters. The minimum absolute atomic E-state index is 0.00567. The highest BCUT2D eigenvalue weighted by atomic mass is 32.1. The molecule has 0 spiro atoms. The largest absolute Gasteiger partial charge is 0.416 e. The Balaban J connectivity index is 2.13. The van der Waals surface area contributed by atoms with E-state index >= 15 is 0 Å². The van der Waals surface area contributed by atoms with Crippen LogP contribution in [0.3, 0.4) is 0 Å². The number of halogens is 6. The number of thiophene rings is 1. The summed E-state index contributed by atoms with van der Waals surface area (Å²) < 4.78 is 76.9. The first kappa shape index (κ1) is 20.9. The number of hydrogen-bond donors (Lipinski definition) is 1. The lowest BCUT2D eigenvalue weighted by atomic mass is 10.0. The van der Waals surface area contributed by atoms with E-state index in [2.05, 4.69) is 5.32 Å². The van der Waals surface area contributed by atoms with Crippen molar-refractivity contribution in [3.63, 3.8) is 0 Å². The second-order valence-electron chi connectivity index (χ2n) is 5.62. The minimum Gasteiger partial charge on any atom is -0.352 e. The van der Waals surface area contributed by atoms with Crippen molar-refractivity contribution < 1.29 is 35.9 Å². The number of nitrogens with one attached hydrogen (secondary N) is 1. The van der Waals surface area contributed by atoms with E-state index in [9.17, 15) is 35.9 Å². The quantitative estimate of drug-likeness (QED) is 0.561. The molecule has 1 aromatic carbocycles. The number of rotatable bonds is 5. The molecule has 0 bridgehead atoms. The Morgan fingerprint density at radius 1 is 0.963 bits per heavy atom. The van der Waals surface area contributed by atoms with Gasteiger partial charge in [0.25, 0.3) is 5.91 Å². The van der Waals surface area contributed by atoms with E-state index in [1.165, 1.54) is 18.3 Å². The maximum absolute atomic E-state index is 12.8. The van der Waals surface area contributed by atoms with E-state index in [4.69, 9.17) is 0 Å². The molecule has 10 heteroatoms. The van der Waals surface area contributed by atoms with Gasteiger partial charge in [0.1, 0.15) is 0 Å². The molecule has 0 saturated carbocycles. The zero-order valence-electron chi connectivity index (χ0n) is 13.8. The molecule has 146 valence electrons. The van der Waals surface area contributed by atoms with Crippen molar-refractivity contribution in [1.29, 1.82) is 0 Å². The van der Waals surface area contributed by atoms with E-state index < -0.39 is 35.0 Å². The second kappa shape index (κ2) is 7.71. The van der Waals surface area contributed by atoms with E-state index in [1.807, 2.05) is 0 Å². The molecule has 3 nitrogen and oxygen atoms in total. The zero-order chi connectivity index (χ0) is 20.4. The molecular weight excluding hydrogens is 396 g/mol. The summed E-state index contributed by atoms with van der Waals surface area (Å²) in [6.07, 6.45) is -9.75. The summed E-state index contributed by atoms with van der Waals surface area (Å²) in [4.78, 5) is 24.5. The molecule has 0 atom stereocenters. The van der Waals surface area contributed by atoms with Crippen LogP contribution in [0.4, 0.5) is 26.3 Å². The number of amides is 1. The molecule has 0 saturated heterocycles. The summed E-state index contributed by atoms with van der Waals surface area (Å²) in [6.45, 7) is 1.39. The van der Waals surface area contributed by atoms with E-state index in [0.717, 1.165) is 4.88 Å². The molecule has 1 amide bonds. The van der Waals surface area contributed by atoms with Gasteiger partial charge in [-0.3, -0.25) is 9.59 Å². The van der Waals surface area contributed by atoms with E-state index in [-0.39, 0.29) is 24.8 Å². The first-order valence-corrected chi connectivity index (χ1v) is 8.37. The molecule has 1 aromatic heterocycles. The Labute approximate surface area is 154 Å². The Morgan fingerprint density at radius 2 is 1.52 bits per heavy atom. The maximum atomic E-state index is 12.8. The van der Waals surface area contributed by atoms with Crippen LogP contribution in [0.5, 0.6) is 0 Å². The van der Waals surface area contributed by atoms with Gasteiger partial charge in [-0.15, -0.1) is 11.3 Å². The number of benzene rings is 1. The van der Waals surface area contributed by atoms with Crippen LogP contribution in [-0.2, 0) is 18.8 Å². The number of alkyl halides is 6. The van der Waals surface area contributed by atoms with Crippen LogP contribution in [0.15, 0.2) is 30.3 Å². The van der Waals surface area contributed by atoms with Crippen molar-refractivity contribution in [2.75, 3.05) is 6.54 Å². The van der Waals surface area contributed by atoms with Gasteiger partial charge in [0.2, 0.25) is 0 Å². The Morgan fingerprint density at radius 3 is 1.96 bits per heavy atom. The highest BCUT2D eigenvalue weighted by molar-refractivity contribution is 7.14. The van der Waals surface area contributed by atoms with Gasteiger partial charge in [0, 0.05) is 17.0 Å². The number of carbonyl (C=O) groups excluding carboxylic acids is 2. The SMILES string of the molecule is CC(=O)c1ccc(CCNC(=O)c2cc(C(F)(F)F)cc(C(F)(F)F)c2)s1. The van der Waals surface area contributed by atoms with Crippen LogP contribution >= 0.6 is 11.3 Å². The van der Waals surface area contributed by atoms with Crippen LogP contribution in [0.2, 0.25) is 0 Å². The molecule has 0 aliphatic rings. The van der Waals surface area contributed by atoms with Gasteiger partial charge in [-0.05, 0) is 43.7 Å². The third-order valence-corrected chi connectivity index (χ3v) is 4.76. The van der Waals surface area contributed by atoms with Crippen molar-refractivity contribution in [2.45, 2.75) is 25.7 Å². The molecular formula is C17H13F6NO2S. The fourth-order valence-electron chi connectivity index (χ4n) is 2.19. The molecule has 2 rings (SSSR count). The van der Waals surface area contributed by atoms with E-state index in [1.54, 1.807) is 12.1 Å². The van der Waals surface area contributed by atoms with Gasteiger partial charge >= 0.3 is 12.4 Å². The number of carbonyl (C=O) groups is 2. The average Bonchev–Trinajstić information content (AvgIpc) is 3.02. The van der Waals surface area contributed by atoms with Crippen LogP contribution in [-0.4, -0.2) is 18.2 Å². The molecule has 1 N–H and O–H groups in total. The number of Topliss-reactive ketones (excluding diaryl/α,β-unsaturated/α-hetero) is 1. The van der Waals surface area contributed by atoms with Crippen LogP contribution in [0, 0.1) is 0 Å². The van der Waals surface area contributed by atoms with Crippen LogP contribution < -0.4 is 5.32 Å². The third kappa shape index (κ3) is 5.56. The van der Waals surface area contributed by atoms with Crippen molar-refractivity contribution in [3.8, 4) is 0 Å². The summed E-state index contributed by atoms with van der Waals surface area (Å²) in [5, 5.41) is 2.29. The molecule has 1 heterocycles. The predicted molar refractivity (Wildman–Crippen MR) is 86.8 cm³/mol. The number of hydrogen-bond acceptors (Lipinski definition) is 3. The summed E-state index contributed by atoms with van der Waals surface area (Å²) in [7, 11) is 0. The Bertz CT molecular complexity index is 822. The van der Waals surface area contributed by atoms with Crippen molar-refractivity contribution in [1.82, 2.24) is 5.32 Å². The zero-order valence-corrected chi connectivity index (χ0v) is 14.6. The third-order valence-electron chi connectivity index (χ3n) is 3.52. The van der Waals surface area contributed by atoms with E-state index in [0.29, 0.717) is 17.0 Å². The van der Waals surface area contributed by atoms with Gasteiger partial charge in [-0.25, -0.2) is 0 Å². The van der Waals surface area contributed by atoms with Gasteiger partial charge in [-0.2, -0.15) is 26.3 Å². The van der Waals surface area contributed by atoms with Crippen molar-refractivity contribution in [2.24, 2.45) is 0 Å². The number of ketones is 1. The topological polar surface area (TPSA) is 46.2 Å². The lowest BCUT2D eigenvalue weighted by Crippen LogP contribution is -2.26. The minimum atomic E-state index is -5.02. The van der Waals surface area contributed by atoms with Crippen molar-refractivity contribution >= 4 is 23.0 Å². The predicted octanol–water partition coefficient (Wildman–Crippen LogP) is 4.96. The maximum Gasteiger partial charge on any atom is 0.416 e. The fourth-order valence-corrected chi connectivity index (χ4v) is 3.09. The fraction of sp³-hybridized carbons (Fsp3) is 0.294. The Hall–Kier alpha value is -2.36. The lowest BCUT2D eigenvalue weighted by molar-refractivity contribution is -0.143. The smallest absolute Gasteiger partial charge is 0.352 e. The molecule has 0 fully saturated rings. The monoisotopic (exact) mass is 409 g/mol. The first-order chi connectivity index (χ1) is 12.4. The second-order valence-corrected chi connectivity index (χ2v) is 6.79. The molecule has 0 radical (unpaired) electrons. The van der Waals surface area contributed by atoms with Crippen LogP contribution in [0.25, 0.3) is 0 Å². The van der Waals surface area contributed by atoms with Gasteiger partial charge in [0.15, 0.2) is 5.78 Å². The summed E-state index contributed by atoms with van der Waals surface area (Å²) in [5.41, 5.74) is -3.83. The highest BCUT2D eigenvalue weighted by Gasteiger charge is 2.37. The van der Waals surface area contributed by atoms with Crippen LogP contribution in [0.1, 0.15) is 43.0 Å². The van der Waals surface area contributed by atoms with Crippen molar-refractivity contribution in [3.05, 3.63) is 56.8 Å². The lowest BCUT2D eigenvalue weighted by Gasteiger charge is -2.14. The summed E-state index contributed by atoms with van der Waals surface area (Å²) >= 11 is 1.20. The molecule has 2 aromatic rings. The first-order valence-electron chi connectivity index (χ1n) is 7.55. The normalized spacial score (nSPS) is 12.1. The van der Waals surface area contributed by atoms with Gasteiger partial charge < -0.3 is 5.32 Å². The standard InChI is InChI=1S/C17H13F6NO2S/c1-9(25)14-3-2-13(27-14)4-5-24-15(26)10-6-11(16(18,19)20)8-12(7-10)17(21,22)23/h2-3,6-8H,4-5H2,1H3,(H,24,26). The molecule has 0 aliphatic carbocycles.